The number of carbonyl (C=O) groups is 1. The van der Waals surface area contributed by atoms with Crippen molar-refractivity contribution in [1.82, 2.24) is 0 Å². The average molecular weight is 287 g/mol. The van der Waals surface area contributed by atoms with E-state index in [0.717, 1.165) is 43.3 Å². The van der Waals surface area contributed by atoms with Gasteiger partial charge in [0.1, 0.15) is 11.5 Å². The third-order valence-corrected chi connectivity index (χ3v) is 3.56. The fraction of sp³-hybridized carbons (Fsp3) is 0.312. The predicted octanol–water partition coefficient (Wildman–Crippen LogP) is 2.60. The molecule has 1 saturated heterocycles. The Balaban J connectivity index is 1.92. The van der Waals surface area contributed by atoms with E-state index in [1.807, 2.05) is 18.2 Å². The summed E-state index contributed by atoms with van der Waals surface area (Å²) in [5, 5.41) is 0. The molecule has 0 spiro atoms. The summed E-state index contributed by atoms with van der Waals surface area (Å²) in [6.07, 6.45) is 0.697. The van der Waals surface area contributed by atoms with Crippen LogP contribution in [0.15, 0.2) is 34.7 Å². The maximum Gasteiger partial charge on any atom is 0.185 e. The number of nitrogens with zero attached hydrogens (tertiary/aromatic N) is 1. The molecule has 21 heavy (non-hydrogen) atoms. The molecule has 2 heterocycles. The van der Waals surface area contributed by atoms with Crippen molar-refractivity contribution in [2.45, 2.75) is 0 Å². The van der Waals surface area contributed by atoms with E-state index in [-0.39, 0.29) is 0 Å². The molecule has 1 aromatic heterocycles. The number of methoxy groups -OCH3 is 1. The smallest absolute Gasteiger partial charge is 0.185 e. The molecule has 2 aromatic rings. The zero-order valence-electron chi connectivity index (χ0n) is 11.9. The topological polar surface area (TPSA) is 51.9 Å². The molecule has 0 saturated carbocycles. The second kappa shape index (κ2) is 6.01. The summed E-state index contributed by atoms with van der Waals surface area (Å²) in [7, 11) is 1.65. The van der Waals surface area contributed by atoms with Crippen LogP contribution in [0.2, 0.25) is 0 Å². The molecule has 5 nitrogen and oxygen atoms in total. The van der Waals surface area contributed by atoms with Crippen LogP contribution < -0.4 is 9.64 Å². The highest BCUT2D eigenvalue weighted by Crippen LogP contribution is 2.34. The summed E-state index contributed by atoms with van der Waals surface area (Å²) in [5.74, 6) is 1.77. The van der Waals surface area contributed by atoms with Crippen molar-refractivity contribution >= 4 is 12.0 Å². The normalized spacial score (nSPS) is 15.0. The summed E-state index contributed by atoms with van der Waals surface area (Å²) in [4.78, 5) is 12.9. The second-order valence-corrected chi connectivity index (χ2v) is 4.81. The number of anilines is 1. The minimum Gasteiger partial charge on any atom is -0.495 e. The fourth-order valence-electron chi connectivity index (χ4n) is 2.47. The number of benzene rings is 1. The maximum absolute atomic E-state index is 10.7. The molecular formula is C16H17NO4. The highest BCUT2D eigenvalue weighted by Gasteiger charge is 2.16. The van der Waals surface area contributed by atoms with Crippen molar-refractivity contribution in [1.29, 1.82) is 0 Å². The van der Waals surface area contributed by atoms with E-state index in [4.69, 9.17) is 13.9 Å². The first-order chi connectivity index (χ1) is 10.3. The largest absolute Gasteiger partial charge is 0.495 e. The molecule has 0 atom stereocenters. The first-order valence-corrected chi connectivity index (χ1v) is 6.88. The zero-order chi connectivity index (χ0) is 14.7. The quantitative estimate of drug-likeness (QED) is 0.809. The first kappa shape index (κ1) is 13.7. The number of furan rings is 1. The summed E-state index contributed by atoms with van der Waals surface area (Å²) >= 11 is 0. The van der Waals surface area contributed by atoms with Gasteiger partial charge in [0.05, 0.1) is 26.0 Å². The monoisotopic (exact) mass is 287 g/mol. The molecule has 3 rings (SSSR count). The predicted molar refractivity (Wildman–Crippen MR) is 79.1 cm³/mol. The van der Waals surface area contributed by atoms with Gasteiger partial charge >= 0.3 is 0 Å². The number of rotatable bonds is 4. The lowest BCUT2D eigenvalue weighted by molar-refractivity contribution is 0.110. The molecule has 0 bridgehead atoms. The maximum atomic E-state index is 10.7. The standard InChI is InChI=1S/C16H17NO4/c1-19-16-10-12(15-5-3-13(11-18)21-15)2-4-14(16)17-6-8-20-9-7-17/h2-5,10-11H,6-9H2,1H3. The van der Waals surface area contributed by atoms with Crippen LogP contribution in [-0.4, -0.2) is 39.7 Å². The summed E-state index contributed by atoms with van der Waals surface area (Å²) < 4.78 is 16.3. The van der Waals surface area contributed by atoms with Crippen molar-refractivity contribution in [3.63, 3.8) is 0 Å². The molecule has 1 aromatic carbocycles. The van der Waals surface area contributed by atoms with Gasteiger partial charge in [-0.1, -0.05) is 0 Å². The van der Waals surface area contributed by atoms with Crippen LogP contribution in [0.1, 0.15) is 10.6 Å². The highest BCUT2D eigenvalue weighted by molar-refractivity contribution is 5.74. The van der Waals surface area contributed by atoms with Crippen LogP contribution in [0.3, 0.4) is 0 Å². The Morgan fingerprint density at radius 2 is 2.00 bits per heavy atom. The molecular weight excluding hydrogens is 270 g/mol. The summed E-state index contributed by atoms with van der Waals surface area (Å²) in [6.45, 7) is 3.16. The third-order valence-electron chi connectivity index (χ3n) is 3.56. The molecule has 0 radical (unpaired) electrons. The van der Waals surface area contributed by atoms with E-state index < -0.39 is 0 Å². The molecule has 1 aliphatic rings. The average Bonchev–Trinajstić information content (AvgIpc) is 3.04. The summed E-state index contributed by atoms with van der Waals surface area (Å²) in [5.41, 5.74) is 1.93. The van der Waals surface area contributed by atoms with Gasteiger partial charge in [0.15, 0.2) is 12.0 Å². The van der Waals surface area contributed by atoms with E-state index in [9.17, 15) is 4.79 Å². The second-order valence-electron chi connectivity index (χ2n) is 4.81. The Morgan fingerprint density at radius 1 is 1.19 bits per heavy atom. The number of carbonyl (C=O) groups excluding carboxylic acids is 1. The highest BCUT2D eigenvalue weighted by atomic mass is 16.5. The van der Waals surface area contributed by atoms with Crippen LogP contribution in [0, 0.1) is 0 Å². The lowest BCUT2D eigenvalue weighted by atomic mass is 10.1. The number of ether oxygens (including phenoxy) is 2. The minimum atomic E-state index is 0.321. The SMILES string of the molecule is COc1cc(-c2ccc(C=O)o2)ccc1N1CCOCC1. The van der Waals surface area contributed by atoms with Gasteiger partial charge in [0.25, 0.3) is 0 Å². The van der Waals surface area contributed by atoms with Gasteiger partial charge in [-0.05, 0) is 30.3 Å². The minimum absolute atomic E-state index is 0.321. The molecule has 1 aliphatic heterocycles. The van der Waals surface area contributed by atoms with Gasteiger partial charge in [0, 0.05) is 18.7 Å². The van der Waals surface area contributed by atoms with Gasteiger partial charge in [-0.3, -0.25) is 4.79 Å². The number of aldehydes is 1. The Hall–Kier alpha value is -2.27. The summed E-state index contributed by atoms with van der Waals surface area (Å²) in [6, 6.07) is 9.36. The molecule has 1 fully saturated rings. The van der Waals surface area contributed by atoms with Crippen LogP contribution in [-0.2, 0) is 4.74 Å². The van der Waals surface area contributed by atoms with E-state index in [0.29, 0.717) is 17.8 Å². The van der Waals surface area contributed by atoms with Crippen molar-refractivity contribution < 1.29 is 18.7 Å². The Morgan fingerprint density at radius 3 is 2.67 bits per heavy atom. The van der Waals surface area contributed by atoms with Gasteiger partial charge in [-0.25, -0.2) is 0 Å². The Kier molecular flexibility index (Phi) is 3.92. The van der Waals surface area contributed by atoms with Crippen LogP contribution in [0.25, 0.3) is 11.3 Å². The van der Waals surface area contributed by atoms with E-state index in [1.165, 1.54) is 0 Å². The van der Waals surface area contributed by atoms with E-state index in [2.05, 4.69) is 4.90 Å². The molecule has 0 amide bonds. The fourth-order valence-corrected chi connectivity index (χ4v) is 2.47. The van der Waals surface area contributed by atoms with Crippen LogP contribution in [0.5, 0.6) is 5.75 Å². The van der Waals surface area contributed by atoms with Crippen molar-refractivity contribution in [3.05, 3.63) is 36.1 Å². The first-order valence-electron chi connectivity index (χ1n) is 6.88. The Labute approximate surface area is 123 Å². The number of hydrogen-bond donors (Lipinski definition) is 0. The van der Waals surface area contributed by atoms with Crippen LogP contribution >= 0.6 is 0 Å². The molecule has 5 heteroatoms. The van der Waals surface area contributed by atoms with E-state index in [1.54, 1.807) is 19.2 Å². The zero-order valence-corrected chi connectivity index (χ0v) is 11.9. The van der Waals surface area contributed by atoms with Gasteiger partial charge in [-0.15, -0.1) is 0 Å². The third kappa shape index (κ3) is 2.78. The Bertz CT molecular complexity index is 629. The molecule has 0 aliphatic carbocycles. The number of hydrogen-bond acceptors (Lipinski definition) is 5. The van der Waals surface area contributed by atoms with Crippen LogP contribution in [0.4, 0.5) is 5.69 Å². The van der Waals surface area contributed by atoms with Gasteiger partial charge in [-0.2, -0.15) is 0 Å². The lowest BCUT2D eigenvalue weighted by Crippen LogP contribution is -2.36. The van der Waals surface area contributed by atoms with E-state index >= 15 is 0 Å². The van der Waals surface area contributed by atoms with Gasteiger partial charge < -0.3 is 18.8 Å². The lowest BCUT2D eigenvalue weighted by Gasteiger charge is -2.30. The molecule has 0 unspecified atom stereocenters. The number of morpholine rings is 1. The van der Waals surface area contributed by atoms with Crippen molar-refractivity contribution in [2.75, 3.05) is 38.3 Å². The molecule has 0 N–H and O–H groups in total. The van der Waals surface area contributed by atoms with Crippen molar-refractivity contribution in [2.24, 2.45) is 0 Å². The van der Waals surface area contributed by atoms with Gasteiger partial charge in [0.2, 0.25) is 0 Å². The molecule has 110 valence electrons. The van der Waals surface area contributed by atoms with Crippen molar-refractivity contribution in [3.8, 4) is 17.1 Å².